The Kier molecular flexibility index (Phi) is 11.6. The third kappa shape index (κ3) is 8.88. The molecule has 2 rings (SSSR count). The van der Waals surface area contributed by atoms with Gasteiger partial charge in [-0.1, -0.05) is 38.1 Å². The van der Waals surface area contributed by atoms with Crippen molar-refractivity contribution in [1.29, 1.82) is 0 Å². The SMILES string of the molecule is CSCC[C@H](NC(=O)[C@@H]1C[C@H](Oc2ccc(C(C)C)cc2)CN1C/C=C/[C@@H](N)CS)C(=O)O. The number of rotatable bonds is 13. The molecule has 7 nitrogen and oxygen atoms in total. The summed E-state index contributed by atoms with van der Waals surface area (Å²) in [5, 5.41) is 12.2. The van der Waals surface area contributed by atoms with E-state index in [1.807, 2.05) is 35.4 Å². The predicted molar refractivity (Wildman–Crippen MR) is 138 cm³/mol. The average molecular weight is 496 g/mol. The van der Waals surface area contributed by atoms with Gasteiger partial charge in [0.25, 0.3) is 0 Å². The molecule has 1 amide bonds. The fourth-order valence-corrected chi connectivity index (χ4v) is 4.33. The normalized spacial score (nSPS) is 20.8. The second-order valence-corrected chi connectivity index (χ2v) is 9.98. The summed E-state index contributed by atoms with van der Waals surface area (Å²) >= 11 is 5.75. The molecule has 1 aliphatic heterocycles. The van der Waals surface area contributed by atoms with Crippen LogP contribution in [0.4, 0.5) is 0 Å². The lowest BCUT2D eigenvalue weighted by atomic mass is 10.0. The number of carboxylic acid groups (broad SMARTS) is 1. The highest BCUT2D eigenvalue weighted by atomic mass is 32.2. The molecule has 0 bridgehead atoms. The van der Waals surface area contributed by atoms with Gasteiger partial charge in [-0.05, 0) is 42.0 Å². The molecule has 1 aromatic rings. The van der Waals surface area contributed by atoms with Gasteiger partial charge in [-0.3, -0.25) is 9.69 Å². The number of nitrogens with one attached hydrogen (secondary N) is 1. The molecule has 1 heterocycles. The van der Waals surface area contributed by atoms with Crippen molar-refractivity contribution in [3.63, 3.8) is 0 Å². The number of thiol groups is 1. The first-order valence-corrected chi connectivity index (χ1v) is 13.3. The molecule has 0 radical (unpaired) electrons. The van der Waals surface area contributed by atoms with Crippen LogP contribution in [0.5, 0.6) is 5.75 Å². The van der Waals surface area contributed by atoms with E-state index < -0.39 is 18.1 Å². The Morgan fingerprint density at radius 2 is 2.06 bits per heavy atom. The molecule has 4 atom stereocenters. The minimum absolute atomic E-state index is 0.155. The van der Waals surface area contributed by atoms with Crippen molar-refractivity contribution in [3.8, 4) is 5.75 Å². The molecule has 9 heteroatoms. The Bertz CT molecular complexity index is 788. The van der Waals surface area contributed by atoms with Gasteiger partial charge in [0, 0.05) is 31.3 Å². The summed E-state index contributed by atoms with van der Waals surface area (Å²) in [7, 11) is 0. The van der Waals surface area contributed by atoms with Crippen LogP contribution in [0.1, 0.15) is 38.2 Å². The fraction of sp³-hybridized carbons (Fsp3) is 0.583. The number of likely N-dealkylation sites (tertiary alicyclic amines) is 1. The van der Waals surface area contributed by atoms with Crippen molar-refractivity contribution >= 4 is 36.3 Å². The van der Waals surface area contributed by atoms with E-state index in [2.05, 4.69) is 43.9 Å². The number of thioether (sulfide) groups is 1. The molecule has 0 unspecified atom stereocenters. The number of benzene rings is 1. The summed E-state index contributed by atoms with van der Waals surface area (Å²) < 4.78 is 6.18. The van der Waals surface area contributed by atoms with Crippen LogP contribution >= 0.6 is 24.4 Å². The largest absolute Gasteiger partial charge is 0.489 e. The topological polar surface area (TPSA) is 105 Å². The minimum atomic E-state index is -1.01. The standard InChI is InChI=1S/C24H37N3O4S2/c1-16(2)17-6-8-19(9-7-17)31-20-13-22(27(14-20)11-4-5-18(25)15-32)23(28)26-21(24(29)30)10-12-33-3/h4-9,16,18,20-22,32H,10-15,25H2,1-3H3,(H,26,28)(H,29,30)/b5-4+/t18-,20+,21+,22+/m1/s1. The summed E-state index contributed by atoms with van der Waals surface area (Å²) in [6.45, 7) is 5.37. The Morgan fingerprint density at radius 1 is 1.36 bits per heavy atom. The molecule has 4 N–H and O–H groups in total. The fourth-order valence-electron chi connectivity index (χ4n) is 3.74. The van der Waals surface area contributed by atoms with Gasteiger partial charge in [-0.2, -0.15) is 24.4 Å². The molecule has 0 saturated carbocycles. The number of carboxylic acids is 1. The number of aliphatic carboxylic acids is 1. The summed E-state index contributed by atoms with van der Waals surface area (Å²) in [4.78, 5) is 26.7. The minimum Gasteiger partial charge on any atom is -0.489 e. The number of hydrogen-bond donors (Lipinski definition) is 4. The number of hydrogen-bond acceptors (Lipinski definition) is 7. The van der Waals surface area contributed by atoms with Gasteiger partial charge >= 0.3 is 5.97 Å². The predicted octanol–water partition coefficient (Wildman–Crippen LogP) is 2.77. The lowest BCUT2D eigenvalue weighted by Crippen LogP contribution is -2.49. The lowest BCUT2D eigenvalue weighted by Gasteiger charge is -2.24. The molecule has 1 saturated heterocycles. The lowest BCUT2D eigenvalue weighted by molar-refractivity contribution is -0.142. The second-order valence-electron chi connectivity index (χ2n) is 8.62. The third-order valence-electron chi connectivity index (χ3n) is 5.68. The van der Waals surface area contributed by atoms with E-state index in [1.54, 1.807) is 11.8 Å². The van der Waals surface area contributed by atoms with Gasteiger partial charge in [-0.15, -0.1) is 0 Å². The van der Waals surface area contributed by atoms with Gasteiger partial charge in [0.05, 0.1) is 6.04 Å². The second kappa shape index (κ2) is 13.9. The van der Waals surface area contributed by atoms with E-state index in [-0.39, 0.29) is 18.1 Å². The Labute approximate surface area is 206 Å². The molecular formula is C24H37N3O4S2. The maximum atomic E-state index is 13.1. The molecule has 0 aromatic heterocycles. The molecule has 33 heavy (non-hydrogen) atoms. The molecule has 1 fully saturated rings. The zero-order chi connectivity index (χ0) is 24.4. The Balaban J connectivity index is 2.09. The van der Waals surface area contributed by atoms with E-state index >= 15 is 0 Å². The number of amides is 1. The van der Waals surface area contributed by atoms with E-state index in [0.29, 0.717) is 43.4 Å². The van der Waals surface area contributed by atoms with Crippen LogP contribution < -0.4 is 15.8 Å². The smallest absolute Gasteiger partial charge is 0.326 e. The van der Waals surface area contributed by atoms with E-state index in [9.17, 15) is 14.7 Å². The van der Waals surface area contributed by atoms with E-state index in [1.165, 1.54) is 5.56 Å². The third-order valence-corrected chi connectivity index (χ3v) is 6.74. The molecule has 1 aliphatic rings. The van der Waals surface area contributed by atoms with Crippen molar-refractivity contribution < 1.29 is 19.4 Å². The van der Waals surface area contributed by atoms with Crippen molar-refractivity contribution in [3.05, 3.63) is 42.0 Å². The quantitative estimate of drug-likeness (QED) is 0.246. The Morgan fingerprint density at radius 3 is 2.64 bits per heavy atom. The number of carbonyl (C=O) groups excluding carboxylic acids is 1. The zero-order valence-electron chi connectivity index (χ0n) is 19.6. The van der Waals surface area contributed by atoms with Gasteiger partial charge in [0.1, 0.15) is 17.9 Å². The van der Waals surface area contributed by atoms with Crippen LogP contribution in [-0.4, -0.2) is 77.0 Å². The van der Waals surface area contributed by atoms with Crippen molar-refractivity contribution in [2.45, 2.75) is 56.8 Å². The van der Waals surface area contributed by atoms with Crippen molar-refractivity contribution in [2.24, 2.45) is 5.73 Å². The Hall–Kier alpha value is -1.68. The average Bonchev–Trinajstić information content (AvgIpc) is 3.18. The number of nitrogens with zero attached hydrogens (tertiary/aromatic N) is 1. The first-order chi connectivity index (χ1) is 15.7. The van der Waals surface area contributed by atoms with Crippen molar-refractivity contribution in [2.75, 3.05) is 30.9 Å². The monoisotopic (exact) mass is 495 g/mol. The molecular weight excluding hydrogens is 458 g/mol. The number of carbonyl (C=O) groups is 2. The van der Waals surface area contributed by atoms with Gasteiger partial charge in [0.15, 0.2) is 0 Å². The highest BCUT2D eigenvalue weighted by molar-refractivity contribution is 7.98. The summed E-state index contributed by atoms with van der Waals surface area (Å²) in [6, 6.07) is 6.51. The van der Waals surface area contributed by atoms with E-state index in [0.717, 1.165) is 5.75 Å². The van der Waals surface area contributed by atoms with Gasteiger partial charge in [0.2, 0.25) is 5.91 Å². The summed E-state index contributed by atoms with van der Waals surface area (Å²) in [5.41, 5.74) is 7.15. The highest BCUT2D eigenvalue weighted by Crippen LogP contribution is 2.25. The maximum absolute atomic E-state index is 13.1. The zero-order valence-corrected chi connectivity index (χ0v) is 21.4. The van der Waals surface area contributed by atoms with Crippen LogP contribution in [0, 0.1) is 0 Å². The van der Waals surface area contributed by atoms with Gasteiger partial charge < -0.3 is 20.9 Å². The first-order valence-electron chi connectivity index (χ1n) is 11.3. The first kappa shape index (κ1) is 27.6. The van der Waals surface area contributed by atoms with Crippen molar-refractivity contribution in [1.82, 2.24) is 10.2 Å². The van der Waals surface area contributed by atoms with Crippen LogP contribution in [-0.2, 0) is 9.59 Å². The summed E-state index contributed by atoms with van der Waals surface area (Å²) in [5.74, 6) is 1.11. The molecule has 0 aliphatic carbocycles. The van der Waals surface area contributed by atoms with E-state index in [4.69, 9.17) is 10.5 Å². The van der Waals surface area contributed by atoms with Crippen LogP contribution in [0.15, 0.2) is 36.4 Å². The van der Waals surface area contributed by atoms with Gasteiger partial charge in [-0.25, -0.2) is 4.79 Å². The molecule has 1 aromatic carbocycles. The maximum Gasteiger partial charge on any atom is 0.326 e. The van der Waals surface area contributed by atoms with Crippen LogP contribution in [0.3, 0.4) is 0 Å². The molecule has 184 valence electrons. The van der Waals surface area contributed by atoms with Crippen LogP contribution in [0.25, 0.3) is 0 Å². The highest BCUT2D eigenvalue weighted by Gasteiger charge is 2.38. The number of nitrogens with two attached hydrogens (primary N) is 1. The molecule has 0 spiro atoms. The number of ether oxygens (including phenoxy) is 1. The van der Waals surface area contributed by atoms with Crippen LogP contribution in [0.2, 0.25) is 0 Å². The summed E-state index contributed by atoms with van der Waals surface area (Å²) in [6.07, 6.45) is 6.42.